The van der Waals surface area contributed by atoms with E-state index in [1.807, 2.05) is 38.1 Å². The molecule has 88 valence electrons. The summed E-state index contributed by atoms with van der Waals surface area (Å²) in [7, 11) is 0. The summed E-state index contributed by atoms with van der Waals surface area (Å²) in [4.78, 5) is 11.8. The summed E-state index contributed by atoms with van der Waals surface area (Å²) in [6.07, 6.45) is 0. The molecule has 0 aromatic heterocycles. The molecule has 0 saturated heterocycles. The number of hydrogen-bond donors (Lipinski definition) is 2. The summed E-state index contributed by atoms with van der Waals surface area (Å²) in [6.45, 7) is 5.56. The number of hydrogen-bond acceptors (Lipinski definition) is 2. The molecular weight excluding hydrogens is 315 g/mol. The topological polar surface area (TPSA) is 41.1 Å². The van der Waals surface area contributed by atoms with Crippen LogP contribution in [0.2, 0.25) is 0 Å². The van der Waals surface area contributed by atoms with E-state index in [1.54, 1.807) is 0 Å². The number of amides is 1. The predicted molar refractivity (Wildman–Crippen MR) is 75.5 cm³/mol. The molecule has 0 aliphatic rings. The summed E-state index contributed by atoms with van der Waals surface area (Å²) in [5, 5.41) is 6.10. The van der Waals surface area contributed by atoms with Crippen molar-refractivity contribution in [3.63, 3.8) is 0 Å². The molecule has 1 amide bonds. The highest BCUT2D eigenvalue weighted by molar-refractivity contribution is 14.1. The Kier molecular flexibility index (Phi) is 5.76. The summed E-state index contributed by atoms with van der Waals surface area (Å²) in [5.41, 5.74) is 0.886. The van der Waals surface area contributed by atoms with E-state index in [4.69, 9.17) is 0 Å². The molecule has 1 atom stereocenters. The van der Waals surface area contributed by atoms with E-state index in [0.717, 1.165) is 15.8 Å². The second-order valence-corrected chi connectivity index (χ2v) is 4.84. The maximum absolute atomic E-state index is 11.8. The van der Waals surface area contributed by atoms with Crippen molar-refractivity contribution < 1.29 is 4.79 Å². The molecule has 0 saturated carbocycles. The zero-order valence-electron chi connectivity index (χ0n) is 9.59. The second-order valence-electron chi connectivity index (χ2n) is 3.68. The minimum atomic E-state index is -0.0176. The van der Waals surface area contributed by atoms with E-state index in [-0.39, 0.29) is 11.8 Å². The molecule has 0 aliphatic carbocycles. The predicted octanol–water partition coefficient (Wildman–Crippen LogP) is 2.48. The quantitative estimate of drug-likeness (QED) is 0.814. The molecular formula is C12H17IN2O. The zero-order valence-corrected chi connectivity index (χ0v) is 11.7. The van der Waals surface area contributed by atoms with Crippen molar-refractivity contribution in [2.45, 2.75) is 13.8 Å². The molecule has 0 radical (unpaired) electrons. The highest BCUT2D eigenvalue weighted by Gasteiger charge is 2.12. The molecule has 0 spiro atoms. The van der Waals surface area contributed by atoms with E-state index < -0.39 is 0 Å². The molecule has 16 heavy (non-hydrogen) atoms. The Morgan fingerprint density at radius 3 is 2.75 bits per heavy atom. The molecule has 1 rings (SSSR count). The smallest absolute Gasteiger partial charge is 0.228 e. The van der Waals surface area contributed by atoms with Crippen LogP contribution in [0.1, 0.15) is 13.8 Å². The van der Waals surface area contributed by atoms with E-state index in [0.29, 0.717) is 6.54 Å². The molecule has 0 bridgehead atoms. The maximum atomic E-state index is 11.8. The first-order valence-corrected chi connectivity index (χ1v) is 6.49. The number of benzene rings is 1. The lowest BCUT2D eigenvalue weighted by atomic mass is 10.1. The van der Waals surface area contributed by atoms with Crippen LogP contribution in [0.4, 0.5) is 5.69 Å². The fourth-order valence-electron chi connectivity index (χ4n) is 1.27. The number of halogens is 1. The average molecular weight is 332 g/mol. The van der Waals surface area contributed by atoms with Crippen LogP contribution in [0, 0.1) is 9.49 Å². The lowest BCUT2D eigenvalue weighted by Crippen LogP contribution is -2.30. The number of nitrogens with one attached hydrogen (secondary N) is 2. The van der Waals surface area contributed by atoms with Gasteiger partial charge < -0.3 is 10.6 Å². The van der Waals surface area contributed by atoms with Gasteiger partial charge in [-0.05, 0) is 41.3 Å². The molecule has 2 N–H and O–H groups in total. The normalized spacial score (nSPS) is 12.2. The van der Waals surface area contributed by atoms with Gasteiger partial charge in [0.25, 0.3) is 0 Å². The van der Waals surface area contributed by atoms with E-state index >= 15 is 0 Å². The third kappa shape index (κ3) is 4.09. The Balaban J connectivity index is 2.54. The van der Waals surface area contributed by atoms with Gasteiger partial charge in [0.15, 0.2) is 0 Å². The molecule has 1 unspecified atom stereocenters. The van der Waals surface area contributed by atoms with Crippen LogP contribution < -0.4 is 10.6 Å². The van der Waals surface area contributed by atoms with Gasteiger partial charge in [0.05, 0.1) is 5.69 Å². The third-order valence-corrected chi connectivity index (χ3v) is 3.22. The molecule has 3 nitrogen and oxygen atoms in total. The summed E-state index contributed by atoms with van der Waals surface area (Å²) in [6, 6.07) is 7.77. The molecule has 0 heterocycles. The van der Waals surface area contributed by atoms with Crippen molar-refractivity contribution in [1.82, 2.24) is 5.32 Å². The first kappa shape index (κ1) is 13.4. The van der Waals surface area contributed by atoms with E-state index in [2.05, 4.69) is 33.2 Å². The van der Waals surface area contributed by atoms with Crippen LogP contribution in [0.15, 0.2) is 24.3 Å². The summed E-state index contributed by atoms with van der Waals surface area (Å²) in [5.74, 6) is 0.0426. The van der Waals surface area contributed by atoms with Crippen molar-refractivity contribution in [1.29, 1.82) is 0 Å². The Labute approximate surface area is 110 Å². The highest BCUT2D eigenvalue weighted by atomic mass is 127. The van der Waals surface area contributed by atoms with Crippen molar-refractivity contribution in [2.75, 3.05) is 18.4 Å². The average Bonchev–Trinajstić information content (AvgIpc) is 2.28. The Morgan fingerprint density at radius 1 is 1.44 bits per heavy atom. The monoisotopic (exact) mass is 332 g/mol. The van der Waals surface area contributed by atoms with Gasteiger partial charge in [-0.2, -0.15) is 0 Å². The van der Waals surface area contributed by atoms with E-state index in [9.17, 15) is 4.79 Å². The Morgan fingerprint density at radius 2 is 2.12 bits per heavy atom. The number of carbonyl (C=O) groups excluding carboxylic acids is 1. The number of anilines is 1. The Bertz CT molecular complexity index is 355. The minimum absolute atomic E-state index is 0.0176. The van der Waals surface area contributed by atoms with Crippen molar-refractivity contribution in [3.8, 4) is 0 Å². The minimum Gasteiger partial charge on any atom is -0.325 e. The van der Waals surface area contributed by atoms with Crippen LogP contribution >= 0.6 is 22.6 Å². The van der Waals surface area contributed by atoms with Gasteiger partial charge in [-0.1, -0.05) is 26.0 Å². The number of carbonyl (C=O) groups is 1. The molecule has 1 aromatic carbocycles. The SMILES string of the molecule is CCNCC(C)C(=O)Nc1ccccc1I. The van der Waals surface area contributed by atoms with Gasteiger partial charge in [0.2, 0.25) is 5.91 Å². The van der Waals surface area contributed by atoms with Crippen LogP contribution in [0.5, 0.6) is 0 Å². The van der Waals surface area contributed by atoms with E-state index in [1.165, 1.54) is 0 Å². The van der Waals surface area contributed by atoms with Gasteiger partial charge in [-0.3, -0.25) is 4.79 Å². The molecule has 0 fully saturated rings. The summed E-state index contributed by atoms with van der Waals surface area (Å²) >= 11 is 2.22. The van der Waals surface area contributed by atoms with Gasteiger partial charge in [0.1, 0.15) is 0 Å². The van der Waals surface area contributed by atoms with Gasteiger partial charge in [-0.15, -0.1) is 0 Å². The maximum Gasteiger partial charge on any atom is 0.228 e. The largest absolute Gasteiger partial charge is 0.325 e. The van der Waals surface area contributed by atoms with Crippen molar-refractivity contribution >= 4 is 34.2 Å². The van der Waals surface area contributed by atoms with Crippen molar-refractivity contribution in [3.05, 3.63) is 27.8 Å². The lowest BCUT2D eigenvalue weighted by molar-refractivity contribution is -0.119. The first-order chi connectivity index (χ1) is 7.65. The summed E-state index contributed by atoms with van der Waals surface area (Å²) < 4.78 is 1.06. The van der Waals surface area contributed by atoms with Crippen LogP contribution in [0.25, 0.3) is 0 Å². The van der Waals surface area contributed by atoms with Gasteiger partial charge in [0, 0.05) is 16.0 Å². The standard InChI is InChI=1S/C12H17IN2O/c1-3-14-8-9(2)12(16)15-11-7-5-4-6-10(11)13/h4-7,9,14H,3,8H2,1-2H3,(H,15,16). The van der Waals surface area contributed by atoms with Crippen molar-refractivity contribution in [2.24, 2.45) is 5.92 Å². The second kappa shape index (κ2) is 6.85. The van der Waals surface area contributed by atoms with Gasteiger partial charge >= 0.3 is 0 Å². The van der Waals surface area contributed by atoms with Crippen LogP contribution in [0.3, 0.4) is 0 Å². The Hall–Kier alpha value is -0.620. The van der Waals surface area contributed by atoms with Gasteiger partial charge in [-0.25, -0.2) is 0 Å². The zero-order chi connectivity index (χ0) is 12.0. The third-order valence-electron chi connectivity index (χ3n) is 2.28. The number of rotatable bonds is 5. The van der Waals surface area contributed by atoms with Crippen LogP contribution in [-0.2, 0) is 4.79 Å². The first-order valence-electron chi connectivity index (χ1n) is 5.41. The fourth-order valence-corrected chi connectivity index (χ4v) is 1.79. The van der Waals surface area contributed by atoms with Crippen LogP contribution in [-0.4, -0.2) is 19.0 Å². The number of para-hydroxylation sites is 1. The molecule has 4 heteroatoms. The molecule has 1 aromatic rings. The fraction of sp³-hybridized carbons (Fsp3) is 0.417. The lowest BCUT2D eigenvalue weighted by Gasteiger charge is -2.13. The molecule has 0 aliphatic heterocycles. The highest BCUT2D eigenvalue weighted by Crippen LogP contribution is 2.17.